The first kappa shape index (κ1) is 55.8. The van der Waals surface area contributed by atoms with Gasteiger partial charge in [-0.25, -0.2) is 4.79 Å². The van der Waals surface area contributed by atoms with Crippen LogP contribution in [0.5, 0.6) is 0 Å². The van der Waals surface area contributed by atoms with Crippen molar-refractivity contribution < 1.29 is 82.2 Å². The van der Waals surface area contributed by atoms with Crippen molar-refractivity contribution in [3.05, 3.63) is 129 Å². The van der Waals surface area contributed by atoms with Gasteiger partial charge < -0.3 is 15.0 Å². The molecule has 0 radical (unpaired) electrons. The van der Waals surface area contributed by atoms with Gasteiger partial charge in [0, 0.05) is 17.8 Å². The molecule has 0 bridgehead atoms. The molecule has 17 nitrogen and oxygen atoms in total. The maximum absolute atomic E-state index is 14.0. The fourth-order valence-electron chi connectivity index (χ4n) is 8.39. The number of carbonyl (C=O) groups excluding carboxylic acids is 8. The van der Waals surface area contributed by atoms with Crippen molar-refractivity contribution >= 4 is 47.3 Å². The predicted molar refractivity (Wildman–Crippen MR) is 259 cm³/mol. The van der Waals surface area contributed by atoms with Crippen LogP contribution < -0.4 is 47.8 Å². The Hall–Kier alpha value is -7.48. The summed E-state index contributed by atoms with van der Waals surface area (Å²) < 4.78 is 52.2. The Morgan fingerprint density at radius 3 is 1.99 bits per heavy atom. The molecule has 2 aromatic carbocycles. The molecule has 74 heavy (non-hydrogen) atoms. The third-order valence-corrected chi connectivity index (χ3v) is 14.2. The molecule has 4 aromatic rings. The van der Waals surface area contributed by atoms with E-state index in [0.29, 0.717) is 29.6 Å². The third-order valence-electron chi connectivity index (χ3n) is 12.1. The fraction of sp³-hybridized carbons (Fsp3) is 0.358. The molecule has 2 fully saturated rings. The van der Waals surface area contributed by atoms with Crippen LogP contribution in [0.15, 0.2) is 103 Å². The van der Waals surface area contributed by atoms with Gasteiger partial charge >= 0.3 is 326 Å². The number of hydrogen-bond acceptors (Lipinski definition) is 10. The van der Waals surface area contributed by atoms with Gasteiger partial charge in [0.25, 0.3) is 0 Å². The van der Waals surface area contributed by atoms with Crippen molar-refractivity contribution in [2.45, 2.75) is 76.2 Å². The molecule has 392 valence electrons. The van der Waals surface area contributed by atoms with Crippen LogP contribution >= 0.6 is 0 Å². The Labute approximate surface area is 435 Å². The second-order valence-corrected chi connectivity index (χ2v) is 20.0. The molecule has 21 heteroatoms. The number of H-pyrrole nitrogens is 2. The van der Waals surface area contributed by atoms with Crippen LogP contribution in [0.3, 0.4) is 0 Å². The Bertz CT molecular complexity index is 2770. The number of esters is 2. The Morgan fingerprint density at radius 2 is 1.38 bits per heavy atom. The summed E-state index contributed by atoms with van der Waals surface area (Å²) in [5, 5.41) is 13.7. The van der Waals surface area contributed by atoms with Crippen LogP contribution in [-0.4, -0.2) is 99.7 Å². The van der Waals surface area contributed by atoms with E-state index in [2.05, 4.69) is 42.5 Å². The maximum atomic E-state index is 14.0. The van der Waals surface area contributed by atoms with E-state index in [0.717, 1.165) is 17.7 Å². The average molecular weight is 1130 g/mol. The van der Waals surface area contributed by atoms with Crippen molar-refractivity contribution in [1.82, 2.24) is 36.6 Å². The first-order chi connectivity index (χ1) is 35.5. The molecule has 2 aromatic heterocycles. The van der Waals surface area contributed by atoms with Gasteiger partial charge in [0.05, 0.1) is 12.2 Å². The number of ketones is 1. The number of carbonyl (C=O) groups is 8. The number of aromatic nitrogens is 2. The van der Waals surface area contributed by atoms with Crippen molar-refractivity contribution in [1.29, 1.82) is 0 Å². The zero-order valence-corrected chi connectivity index (χ0v) is 42.4. The number of ether oxygens (including phenoxy) is 2. The third kappa shape index (κ3) is 16.5. The topological polar surface area (TPSA) is 247 Å². The van der Waals surface area contributed by atoms with Crippen LogP contribution in [0.4, 0.5) is 13.2 Å². The van der Waals surface area contributed by atoms with Crippen LogP contribution in [0.2, 0.25) is 0 Å². The van der Waals surface area contributed by atoms with E-state index in [9.17, 15) is 51.5 Å². The second-order valence-electron chi connectivity index (χ2n) is 17.4. The number of alkyl halides is 4. The Balaban J connectivity index is 1.05. The summed E-state index contributed by atoms with van der Waals surface area (Å²) in [7, 11) is 0. The van der Waals surface area contributed by atoms with Gasteiger partial charge in [-0.3, -0.25) is 4.79 Å². The van der Waals surface area contributed by atoms with Gasteiger partial charge in [-0.15, -0.1) is 0 Å². The molecular formula is C53H56F3IN7O10-. The molecule has 4 heterocycles. The molecule has 6 rings (SSSR count). The van der Waals surface area contributed by atoms with Gasteiger partial charge in [-0.1, -0.05) is 18.2 Å². The summed E-state index contributed by atoms with van der Waals surface area (Å²) in [6.07, 6.45) is 7.22. The summed E-state index contributed by atoms with van der Waals surface area (Å²) in [5.41, 5.74) is -0.129. The molecule has 6 atom stereocenters. The van der Waals surface area contributed by atoms with Crippen LogP contribution in [0.1, 0.15) is 77.6 Å². The fourth-order valence-corrected chi connectivity index (χ4v) is 10.1. The average Bonchev–Trinajstić information content (AvgIpc) is 4.22. The molecule has 2 aliphatic heterocycles. The van der Waals surface area contributed by atoms with Crippen molar-refractivity contribution in [2.24, 2.45) is 17.8 Å². The van der Waals surface area contributed by atoms with Crippen molar-refractivity contribution in [2.75, 3.05) is 24.3 Å². The first-order valence-electron chi connectivity index (χ1n) is 23.8. The van der Waals surface area contributed by atoms with E-state index in [-0.39, 0.29) is 89.5 Å². The van der Waals surface area contributed by atoms with E-state index in [1.54, 1.807) is 19.1 Å². The zero-order chi connectivity index (χ0) is 53.2. The van der Waals surface area contributed by atoms with Gasteiger partial charge in [0.1, 0.15) is 0 Å². The number of aromatic amines is 2. The summed E-state index contributed by atoms with van der Waals surface area (Å²) in [5.74, 6) is -3.48. The van der Waals surface area contributed by atoms with Gasteiger partial charge in [-0.05, 0) is 25.1 Å². The summed E-state index contributed by atoms with van der Waals surface area (Å²) in [6, 6.07) is 17.0. The van der Waals surface area contributed by atoms with Crippen LogP contribution in [-0.2, 0) is 50.8 Å². The quantitative estimate of drug-likeness (QED) is 0.0127. The molecule has 2 saturated heterocycles. The van der Waals surface area contributed by atoms with Crippen LogP contribution in [0.25, 0.3) is 11.3 Å². The normalized spacial score (nSPS) is 17.2. The molecule has 0 aliphatic carbocycles. The number of amides is 5. The van der Waals surface area contributed by atoms with E-state index in [1.807, 2.05) is 30.3 Å². The molecule has 5 amide bonds. The predicted octanol–water partition coefficient (Wildman–Crippen LogP) is 1.74. The van der Waals surface area contributed by atoms with Crippen molar-refractivity contribution in [3.63, 3.8) is 0 Å². The van der Waals surface area contributed by atoms with E-state index < -0.39 is 92.6 Å². The number of halogens is 4. The number of nitrogens with one attached hydrogen (secondary N) is 7. The molecule has 2 aliphatic rings. The monoisotopic (exact) mass is 1130 g/mol. The summed E-state index contributed by atoms with van der Waals surface area (Å²) >= 11 is -1.02. The van der Waals surface area contributed by atoms with E-state index in [4.69, 9.17) is 15.9 Å². The van der Waals surface area contributed by atoms with Gasteiger partial charge in [-0.2, -0.15) is 13.2 Å². The first-order valence-corrected chi connectivity index (χ1v) is 26.4. The molecule has 0 spiro atoms. The number of rotatable bonds is 25. The Kier molecular flexibility index (Phi) is 20.4. The second kappa shape index (κ2) is 27.0. The summed E-state index contributed by atoms with van der Waals surface area (Å²) in [6.45, 7) is 2.75. The molecule has 0 saturated carbocycles. The van der Waals surface area contributed by atoms with E-state index >= 15 is 0 Å². The minimum atomic E-state index is -4.66. The number of hydrogen-bond donors (Lipinski definition) is 7. The van der Waals surface area contributed by atoms with Crippen molar-refractivity contribution in [3.8, 4) is 23.6 Å². The zero-order valence-electron chi connectivity index (χ0n) is 40.2. The number of Topliss-reactive ketones (excluding diaryl/α,β-unsaturated/α-hetero) is 1. The minimum absolute atomic E-state index is 0.0183. The van der Waals surface area contributed by atoms with E-state index in [1.165, 1.54) is 48.6 Å². The SMILES string of the molecule is C#CC[C@H](NC(=O)c1ccc(-c2ccccc2C(F)(F)F)[nH]1)C(=O)N[C@H](/C=C/C(=O)OC[I-]c1ccc(C(=O)C[C@@H](Cc2ccccc2)C(=O)N[C@H](/C=C/C(=O)OCC)C[C@@H]2CCNC2=O)[nH]1)C[C@@H]1CCNC1=O. The molecular weight excluding hydrogens is 1080 g/mol. The Morgan fingerprint density at radius 1 is 0.770 bits per heavy atom. The standard InChI is InChI=1S/C53H56F3IN7O10/c1-3-10-42(64-52(72)43-18-17-40(62-43)38-13-8-9-14-39(38)53(54,55)56)51(71)61-37(29-34-24-26-59-49(34)69)16-22-47(67)74-31-57-45-20-19-41(63-45)44(65)30-35(27-32-11-6-5-7-12-32)50(70)60-36(15-21-46(66)73-4-2)28-33-23-25-58-48(33)68/h1,5-9,11-22,33-37,42,62-63H,4,10,23-31H2,2H3,(H,58,68)(H,59,69)(H,60,70)(H,61,71)(H,64,72)/q-1/b21-15+,22-16+/t33-,34-,35+,36+,37+,42-/m0/s1. The molecule has 0 unspecified atom stereocenters. The van der Waals surface area contributed by atoms with Gasteiger partial charge in [0.15, 0.2) is 0 Å². The molecule has 7 N–H and O–H groups in total. The number of benzene rings is 2. The summed E-state index contributed by atoms with van der Waals surface area (Å²) in [4.78, 5) is 111. The van der Waals surface area contributed by atoms with Gasteiger partial charge in [0.2, 0.25) is 0 Å². The van der Waals surface area contributed by atoms with Crippen LogP contribution in [0, 0.1) is 33.8 Å². The number of terminal acetylenes is 1.